The summed E-state index contributed by atoms with van der Waals surface area (Å²) < 4.78 is 0. The summed E-state index contributed by atoms with van der Waals surface area (Å²) in [6.45, 7) is 0. The molecule has 1 atom stereocenters. The second-order valence-corrected chi connectivity index (χ2v) is 4.85. The van der Waals surface area contributed by atoms with E-state index in [-0.39, 0.29) is 94.5 Å². The summed E-state index contributed by atoms with van der Waals surface area (Å²) >= 11 is 0. The van der Waals surface area contributed by atoms with Crippen LogP contribution in [-0.4, -0.2) is 28.2 Å². The van der Waals surface area contributed by atoms with Gasteiger partial charge in [0.05, 0.1) is 0 Å². The van der Waals surface area contributed by atoms with Crippen molar-refractivity contribution in [3.05, 3.63) is 89.0 Å². The van der Waals surface area contributed by atoms with Crippen molar-refractivity contribution in [2.45, 2.75) is 12.5 Å². The van der Waals surface area contributed by atoms with E-state index >= 15 is 0 Å². The van der Waals surface area contributed by atoms with Gasteiger partial charge < -0.3 is 21.7 Å². The van der Waals surface area contributed by atoms with Crippen molar-refractivity contribution in [1.29, 1.82) is 0 Å². The molecule has 0 saturated carbocycles. The molecule has 0 fully saturated rings. The van der Waals surface area contributed by atoms with Crippen LogP contribution in [0, 0.1) is 88.1 Å². The van der Waals surface area contributed by atoms with Gasteiger partial charge in [-0.15, -0.1) is 0 Å². The molecule has 0 heterocycles. The van der Waals surface area contributed by atoms with Gasteiger partial charge in [0.2, 0.25) is 0 Å². The molecule has 0 bridgehead atoms. The van der Waals surface area contributed by atoms with Gasteiger partial charge in [-0.3, -0.25) is 4.79 Å². The van der Waals surface area contributed by atoms with Crippen LogP contribution in [0.5, 0.6) is 0 Å². The molecule has 2 aromatic rings. The molecule has 2 radical (unpaired) electrons. The first-order valence-corrected chi connectivity index (χ1v) is 7.09. The van der Waals surface area contributed by atoms with Crippen LogP contribution in [-0.2, 0) is 16.0 Å². The van der Waals surface area contributed by atoms with E-state index in [1.54, 1.807) is 24.3 Å². The quantitative estimate of drug-likeness (QED) is 0.448. The van der Waals surface area contributed by atoms with E-state index in [1.807, 2.05) is 36.4 Å². The molecule has 6 nitrogen and oxygen atoms in total. The molecule has 0 saturated heterocycles. The molecule has 2 aromatic carbocycles. The monoisotopic (exact) mass is 780 g/mol. The van der Waals surface area contributed by atoms with Crippen molar-refractivity contribution < 1.29 is 108 Å². The summed E-state index contributed by atoms with van der Waals surface area (Å²) in [6.07, 6.45) is 1.58. The van der Waals surface area contributed by atoms with Gasteiger partial charge in [-0.1, -0.05) is 72.4 Å². The van der Waals surface area contributed by atoms with Gasteiger partial charge in [-0.05, 0) is 23.6 Å². The van der Waals surface area contributed by atoms with Crippen LogP contribution in [0.15, 0.2) is 66.4 Å². The molecule has 1 unspecified atom stereocenters. The van der Waals surface area contributed by atoms with Crippen LogP contribution >= 0.6 is 0 Å². The first kappa shape index (κ1) is 28.0. The van der Waals surface area contributed by atoms with Crippen molar-refractivity contribution in [2.75, 3.05) is 0 Å². The van der Waals surface area contributed by atoms with E-state index in [4.69, 9.17) is 21.7 Å². The van der Waals surface area contributed by atoms with Crippen molar-refractivity contribution >= 4 is 18.0 Å². The van der Waals surface area contributed by atoms with E-state index in [0.717, 1.165) is 11.1 Å². The summed E-state index contributed by atoms with van der Waals surface area (Å²) in [4.78, 5) is 20.6. The molecule has 2 rings (SSSR count). The first-order chi connectivity index (χ1) is 11.4. The molecule has 132 valence electrons. The number of aliphatic carboxylic acids is 2. The maximum atomic E-state index is 10.3. The Morgan fingerprint density at radius 2 is 1.38 bits per heavy atom. The predicted molar refractivity (Wildman–Crippen MR) is 92.3 cm³/mol. The SMILES string of the molecule is [Ac].[Ac].[NH-]/C(=C/c1ccccc1)C(=O)O.[NH-]C(Cc1ccccc1)C(=O)O. The molecular formula is C18H18Ac2N2O4-2. The van der Waals surface area contributed by atoms with Crippen LogP contribution in [0.3, 0.4) is 0 Å². The summed E-state index contributed by atoms with van der Waals surface area (Å²) in [6, 6.07) is 17.1. The first-order valence-electron chi connectivity index (χ1n) is 7.09. The van der Waals surface area contributed by atoms with Crippen molar-refractivity contribution in [3.63, 3.8) is 0 Å². The van der Waals surface area contributed by atoms with E-state index in [2.05, 4.69) is 0 Å². The van der Waals surface area contributed by atoms with Gasteiger partial charge in [0.15, 0.2) is 0 Å². The van der Waals surface area contributed by atoms with E-state index in [1.165, 1.54) is 6.08 Å². The fourth-order valence-electron chi connectivity index (χ4n) is 1.71. The summed E-state index contributed by atoms with van der Waals surface area (Å²) in [7, 11) is 0. The molecule has 0 spiro atoms. The topological polar surface area (TPSA) is 122 Å². The van der Waals surface area contributed by atoms with Gasteiger partial charge in [0, 0.05) is 88.1 Å². The Morgan fingerprint density at radius 3 is 1.81 bits per heavy atom. The van der Waals surface area contributed by atoms with Crippen LogP contribution in [0.4, 0.5) is 0 Å². The summed E-state index contributed by atoms with van der Waals surface area (Å²) in [5.74, 6) is -2.28. The molecule has 0 aromatic heterocycles. The third-order valence-corrected chi connectivity index (χ3v) is 2.92. The van der Waals surface area contributed by atoms with Gasteiger partial charge in [-0.2, -0.15) is 0 Å². The minimum atomic E-state index is -1.21. The Labute approximate surface area is 224 Å². The number of carboxylic acids is 2. The third-order valence-electron chi connectivity index (χ3n) is 2.92. The number of hydrogen-bond donors (Lipinski definition) is 2. The van der Waals surface area contributed by atoms with Crippen LogP contribution in [0.2, 0.25) is 0 Å². The molecule has 0 aliphatic rings. The maximum Gasteiger partial charge on any atom is 0.312 e. The molecule has 26 heavy (non-hydrogen) atoms. The van der Waals surface area contributed by atoms with Gasteiger partial charge in [0.1, 0.15) is 0 Å². The summed E-state index contributed by atoms with van der Waals surface area (Å²) in [5, 5.41) is 16.8. The molecule has 0 amide bonds. The largest absolute Gasteiger partial charge is 0.693 e. The third kappa shape index (κ3) is 12.2. The zero-order valence-electron chi connectivity index (χ0n) is 14.0. The second kappa shape index (κ2) is 15.8. The predicted octanol–water partition coefficient (Wildman–Crippen LogP) is 3.90. The van der Waals surface area contributed by atoms with Crippen molar-refractivity contribution in [3.8, 4) is 0 Å². The van der Waals surface area contributed by atoms with Gasteiger partial charge in [0.25, 0.3) is 5.97 Å². The Hall–Kier alpha value is -0.237. The minimum absolute atomic E-state index is 0. The number of hydrogen-bond acceptors (Lipinski definition) is 2. The second-order valence-electron chi connectivity index (χ2n) is 4.85. The van der Waals surface area contributed by atoms with E-state index in [9.17, 15) is 9.59 Å². The van der Waals surface area contributed by atoms with Crippen LogP contribution < -0.4 is 0 Å². The van der Waals surface area contributed by atoms with Crippen molar-refractivity contribution in [2.24, 2.45) is 0 Å². The number of benzene rings is 2. The zero-order chi connectivity index (χ0) is 17.9. The smallest absolute Gasteiger partial charge is 0.312 e. The minimum Gasteiger partial charge on any atom is -0.693 e. The molecular weight excluding hydrogens is 762 g/mol. The normalized spacial score (nSPS) is 10.9. The number of carboxylic acid groups (broad SMARTS) is 2. The van der Waals surface area contributed by atoms with Crippen LogP contribution in [0.25, 0.3) is 17.5 Å². The Balaban J connectivity index is 0. The van der Waals surface area contributed by atoms with E-state index in [0.29, 0.717) is 0 Å². The average molecular weight is 780 g/mol. The van der Waals surface area contributed by atoms with Crippen LogP contribution in [0.1, 0.15) is 11.1 Å². The average Bonchev–Trinajstić information content (AvgIpc) is 2.57. The maximum absolute atomic E-state index is 10.3. The van der Waals surface area contributed by atoms with Crippen molar-refractivity contribution in [1.82, 2.24) is 0 Å². The van der Waals surface area contributed by atoms with Gasteiger partial charge >= 0.3 is 5.97 Å². The Kier molecular flexibility index (Phi) is 17.0. The number of carbonyl (C=O) groups is 2. The Morgan fingerprint density at radius 1 is 0.923 bits per heavy atom. The molecule has 0 aliphatic heterocycles. The number of nitrogens with one attached hydrogen (secondary N) is 2. The van der Waals surface area contributed by atoms with Gasteiger partial charge in [-0.25, -0.2) is 4.79 Å². The summed E-state index contributed by atoms with van der Waals surface area (Å²) in [5.41, 5.74) is 15.4. The molecule has 0 aliphatic carbocycles. The number of rotatable bonds is 5. The fraction of sp³-hybridized carbons (Fsp3) is 0.111. The Bertz CT molecular complexity index is 695. The standard InChI is InChI=1S/C9H10NO2.C9H8NO2.2Ac/c2*10-8(9(11)12)6-7-4-2-1-3-5-7;;/h1-5,8,10H,6H2,(H,11,12);1-6,10H,(H,11,12);;/q2*-1;;/b;8-6+;;. The van der Waals surface area contributed by atoms with E-state index < -0.39 is 23.7 Å². The molecule has 8 heteroatoms. The zero-order valence-corrected chi connectivity index (χ0v) is 23.5. The molecule has 4 N–H and O–H groups in total. The fourth-order valence-corrected chi connectivity index (χ4v) is 1.71.